The van der Waals surface area contributed by atoms with Crippen molar-refractivity contribution in [2.45, 2.75) is 26.1 Å². The van der Waals surface area contributed by atoms with Crippen LogP contribution in [-0.4, -0.2) is 31.9 Å². The number of hydrogen-bond donors (Lipinski definition) is 2. The first kappa shape index (κ1) is 24.5. The molecule has 2 N–H and O–H groups in total. The van der Waals surface area contributed by atoms with Gasteiger partial charge in [-0.3, -0.25) is 14.6 Å². The Labute approximate surface area is 202 Å². The van der Waals surface area contributed by atoms with Crippen LogP contribution < -0.4 is 10.6 Å². The van der Waals surface area contributed by atoms with Crippen molar-refractivity contribution in [3.05, 3.63) is 89.5 Å². The molecule has 0 radical (unpaired) electrons. The van der Waals surface area contributed by atoms with Gasteiger partial charge in [-0.25, -0.2) is 9.97 Å². The van der Waals surface area contributed by atoms with Gasteiger partial charge in [-0.05, 0) is 49.7 Å². The van der Waals surface area contributed by atoms with E-state index in [-0.39, 0.29) is 28.4 Å². The first-order valence-electron chi connectivity index (χ1n) is 10.6. The summed E-state index contributed by atoms with van der Waals surface area (Å²) in [5, 5.41) is 8.85. The normalized spacial score (nSPS) is 12.1. The number of halogens is 3. The summed E-state index contributed by atoms with van der Waals surface area (Å²) in [5.74, 6) is -1.53. The molecule has 0 aliphatic carbocycles. The minimum absolute atomic E-state index is 0.0311. The van der Waals surface area contributed by atoms with E-state index in [1.807, 2.05) is 0 Å². The number of pyridine rings is 1. The van der Waals surface area contributed by atoms with Gasteiger partial charge < -0.3 is 15.2 Å². The molecule has 0 unspecified atom stereocenters. The average Bonchev–Trinajstić information content (AvgIpc) is 3.36. The molecule has 1 aromatic carbocycles. The van der Waals surface area contributed by atoms with Crippen molar-refractivity contribution in [2.24, 2.45) is 0 Å². The van der Waals surface area contributed by atoms with Crippen LogP contribution in [-0.2, 0) is 6.18 Å². The van der Waals surface area contributed by atoms with E-state index >= 15 is 0 Å². The molecule has 3 aromatic heterocycles. The van der Waals surface area contributed by atoms with Crippen LogP contribution in [0.15, 0.2) is 65.7 Å². The molecule has 36 heavy (non-hydrogen) atoms. The predicted molar refractivity (Wildman–Crippen MR) is 122 cm³/mol. The fourth-order valence-corrected chi connectivity index (χ4v) is 3.30. The summed E-state index contributed by atoms with van der Waals surface area (Å²) < 4.78 is 44.4. The van der Waals surface area contributed by atoms with Crippen LogP contribution in [0.3, 0.4) is 0 Å². The molecule has 4 rings (SSSR count). The van der Waals surface area contributed by atoms with Crippen LogP contribution in [0, 0.1) is 6.92 Å². The second-order valence-electron chi connectivity index (χ2n) is 7.82. The van der Waals surface area contributed by atoms with E-state index < -0.39 is 29.6 Å². The highest BCUT2D eigenvalue weighted by Crippen LogP contribution is 2.33. The van der Waals surface area contributed by atoms with Crippen LogP contribution in [0.5, 0.6) is 0 Å². The van der Waals surface area contributed by atoms with E-state index in [1.165, 1.54) is 37.5 Å². The average molecular weight is 496 g/mol. The van der Waals surface area contributed by atoms with Gasteiger partial charge in [-0.15, -0.1) is 0 Å². The van der Waals surface area contributed by atoms with Crippen LogP contribution >= 0.6 is 0 Å². The Bertz CT molecular complexity index is 1410. The molecule has 3 heterocycles. The maximum Gasteiger partial charge on any atom is 0.416 e. The summed E-state index contributed by atoms with van der Waals surface area (Å²) in [6.45, 7) is 2.95. The predicted octanol–water partition coefficient (Wildman–Crippen LogP) is 4.60. The number of aryl methyl sites for hydroxylation is 1. The zero-order chi connectivity index (χ0) is 25.9. The van der Waals surface area contributed by atoms with E-state index in [2.05, 4.69) is 30.7 Å². The molecule has 0 saturated heterocycles. The van der Waals surface area contributed by atoms with Gasteiger partial charge in [0.1, 0.15) is 17.7 Å². The summed E-state index contributed by atoms with van der Waals surface area (Å²) in [6, 6.07) is 9.09. The van der Waals surface area contributed by atoms with E-state index in [0.29, 0.717) is 5.69 Å². The summed E-state index contributed by atoms with van der Waals surface area (Å²) in [6.07, 6.45) is -0.0823. The van der Waals surface area contributed by atoms with Crippen LogP contribution in [0.25, 0.3) is 11.3 Å². The standard InChI is InChI=1S/C24H19F3N6O3/c1-13-3-4-16(9-17(13)24(25,26)27)32-23(35)21-11-18(33-36-21)14(2)31-22(34)20-10-19(29-12-30-20)15-5-7-28-8-6-15/h3-12,14H,1-2H3,(H,31,34)(H,32,35)/t14-/m0/s1. The van der Waals surface area contributed by atoms with Crippen LogP contribution in [0.2, 0.25) is 0 Å². The number of nitrogens with one attached hydrogen (secondary N) is 2. The summed E-state index contributed by atoms with van der Waals surface area (Å²) in [7, 11) is 0. The summed E-state index contributed by atoms with van der Waals surface area (Å²) in [4.78, 5) is 37.3. The van der Waals surface area contributed by atoms with Gasteiger partial charge in [0.25, 0.3) is 11.8 Å². The fraction of sp³-hybridized carbons (Fsp3) is 0.167. The Kier molecular flexibility index (Phi) is 6.77. The smallest absolute Gasteiger partial charge is 0.351 e. The summed E-state index contributed by atoms with van der Waals surface area (Å²) in [5.41, 5.74) is 0.774. The molecule has 184 valence electrons. The molecule has 9 nitrogen and oxygen atoms in total. The summed E-state index contributed by atoms with van der Waals surface area (Å²) >= 11 is 0. The lowest BCUT2D eigenvalue weighted by atomic mass is 10.1. The van der Waals surface area contributed by atoms with Gasteiger partial charge in [-0.1, -0.05) is 11.2 Å². The maximum absolute atomic E-state index is 13.1. The number of benzene rings is 1. The number of hydrogen-bond acceptors (Lipinski definition) is 7. The molecule has 1 atom stereocenters. The second kappa shape index (κ2) is 9.94. The third-order valence-corrected chi connectivity index (χ3v) is 5.22. The number of carbonyl (C=O) groups is 2. The molecule has 0 bridgehead atoms. The minimum Gasteiger partial charge on any atom is -0.351 e. The number of nitrogens with zero attached hydrogens (tertiary/aromatic N) is 4. The molecule has 2 amide bonds. The van der Waals surface area contributed by atoms with Gasteiger partial charge >= 0.3 is 6.18 Å². The first-order valence-corrected chi connectivity index (χ1v) is 10.6. The largest absolute Gasteiger partial charge is 0.416 e. The molecular weight excluding hydrogens is 477 g/mol. The SMILES string of the molecule is Cc1ccc(NC(=O)c2cc([C@H](C)NC(=O)c3cc(-c4ccncc4)ncn3)no2)cc1C(F)(F)F. The van der Waals surface area contributed by atoms with Gasteiger partial charge in [0.2, 0.25) is 5.76 Å². The van der Waals surface area contributed by atoms with Crippen LogP contribution in [0.1, 0.15) is 50.8 Å². The van der Waals surface area contributed by atoms with E-state index in [4.69, 9.17) is 4.52 Å². The Morgan fingerprint density at radius 1 is 1.00 bits per heavy atom. The molecule has 4 aromatic rings. The van der Waals surface area contributed by atoms with Crippen molar-refractivity contribution >= 4 is 17.5 Å². The number of anilines is 1. The Morgan fingerprint density at radius 2 is 1.75 bits per heavy atom. The molecule has 0 aliphatic rings. The molecule has 0 aliphatic heterocycles. The molecule has 0 spiro atoms. The van der Waals surface area contributed by atoms with Crippen molar-refractivity contribution in [3.8, 4) is 11.3 Å². The molecule has 0 saturated carbocycles. The first-order chi connectivity index (χ1) is 17.1. The monoisotopic (exact) mass is 496 g/mol. The quantitative estimate of drug-likeness (QED) is 0.400. The highest BCUT2D eigenvalue weighted by atomic mass is 19.4. The number of aromatic nitrogens is 4. The zero-order valence-corrected chi connectivity index (χ0v) is 19.0. The van der Waals surface area contributed by atoms with E-state index in [9.17, 15) is 22.8 Å². The molecule has 0 fully saturated rings. The van der Waals surface area contributed by atoms with Crippen molar-refractivity contribution in [1.82, 2.24) is 25.4 Å². The second-order valence-corrected chi connectivity index (χ2v) is 7.82. The lowest BCUT2D eigenvalue weighted by Gasteiger charge is -2.12. The minimum atomic E-state index is -4.55. The van der Waals surface area contributed by atoms with E-state index in [1.54, 1.807) is 31.5 Å². The Morgan fingerprint density at radius 3 is 2.47 bits per heavy atom. The highest BCUT2D eigenvalue weighted by Gasteiger charge is 2.32. The fourth-order valence-electron chi connectivity index (χ4n) is 3.30. The number of rotatable bonds is 6. The third-order valence-electron chi connectivity index (χ3n) is 5.22. The number of alkyl halides is 3. The molecule has 12 heteroatoms. The van der Waals surface area contributed by atoms with Gasteiger partial charge in [0.05, 0.1) is 17.3 Å². The van der Waals surface area contributed by atoms with Gasteiger partial charge in [0.15, 0.2) is 0 Å². The van der Waals surface area contributed by atoms with Crippen molar-refractivity contribution in [1.29, 1.82) is 0 Å². The zero-order valence-electron chi connectivity index (χ0n) is 19.0. The maximum atomic E-state index is 13.1. The van der Waals surface area contributed by atoms with Crippen molar-refractivity contribution in [3.63, 3.8) is 0 Å². The van der Waals surface area contributed by atoms with Crippen molar-refractivity contribution in [2.75, 3.05) is 5.32 Å². The topological polar surface area (TPSA) is 123 Å². The van der Waals surface area contributed by atoms with Crippen LogP contribution in [0.4, 0.5) is 18.9 Å². The van der Waals surface area contributed by atoms with Gasteiger partial charge in [-0.2, -0.15) is 13.2 Å². The lowest BCUT2D eigenvalue weighted by molar-refractivity contribution is -0.138. The van der Waals surface area contributed by atoms with Gasteiger partial charge in [0, 0.05) is 29.7 Å². The van der Waals surface area contributed by atoms with Crippen molar-refractivity contribution < 1.29 is 27.3 Å². The molecular formula is C24H19F3N6O3. The Hall–Kier alpha value is -4.61. The van der Waals surface area contributed by atoms with E-state index in [0.717, 1.165) is 11.6 Å². The number of carbonyl (C=O) groups excluding carboxylic acids is 2. The Balaban J connectivity index is 1.43. The lowest BCUT2D eigenvalue weighted by Crippen LogP contribution is -2.27. The third kappa shape index (κ3) is 5.54. The highest BCUT2D eigenvalue weighted by molar-refractivity contribution is 6.02. The number of amides is 2.